The zero-order valence-electron chi connectivity index (χ0n) is 20.2. The molecule has 4 aromatic rings. The minimum Gasteiger partial charge on any atom is -0.329 e. The van der Waals surface area contributed by atoms with Gasteiger partial charge in [-0.3, -0.25) is 19.7 Å². The zero-order valence-corrected chi connectivity index (χ0v) is 20.9. The first-order chi connectivity index (χ1) is 18.9. The summed E-state index contributed by atoms with van der Waals surface area (Å²) >= 11 is 6.19. The van der Waals surface area contributed by atoms with Crippen molar-refractivity contribution in [2.24, 2.45) is 20.7 Å². The van der Waals surface area contributed by atoms with Gasteiger partial charge in [0, 0.05) is 34.1 Å². The van der Waals surface area contributed by atoms with Gasteiger partial charge in [0.2, 0.25) is 12.1 Å². The maximum Gasteiger partial charge on any atom is 0.277 e. The molecule has 1 atom stereocenters. The highest BCUT2D eigenvalue weighted by atomic mass is 35.5. The molecule has 5 rings (SSSR count). The summed E-state index contributed by atoms with van der Waals surface area (Å²) in [6.45, 7) is 0. The van der Waals surface area contributed by atoms with E-state index in [9.17, 15) is 19.7 Å². The molecule has 0 saturated heterocycles. The summed E-state index contributed by atoms with van der Waals surface area (Å²) in [4.78, 5) is 41.0. The summed E-state index contributed by atoms with van der Waals surface area (Å²) < 4.78 is 0. The van der Waals surface area contributed by atoms with Gasteiger partial charge in [-0.2, -0.15) is 0 Å². The molecule has 0 spiro atoms. The average molecular weight is 542 g/mol. The van der Waals surface area contributed by atoms with E-state index in [0.717, 1.165) is 11.1 Å². The largest absolute Gasteiger partial charge is 0.329 e. The first-order valence-electron chi connectivity index (χ1n) is 11.8. The molecule has 1 amide bonds. The van der Waals surface area contributed by atoms with Gasteiger partial charge in [-0.05, 0) is 58.3 Å². The molecule has 12 heteroatoms. The Hall–Kier alpha value is -5.03. The van der Waals surface area contributed by atoms with Gasteiger partial charge in [-0.25, -0.2) is 0 Å². The van der Waals surface area contributed by atoms with Crippen molar-refractivity contribution in [1.82, 2.24) is 4.98 Å². The standard InChI is InChI=1S/C27H20ClN7O4/c28-18-8-11-23(35(38)39)21(15-18)20-12-13-29-27(37)24(20)22(14-16-4-2-1-3-5-16)26(36)30-19-9-6-17(7-10-19)25-31-33-34-32-25/h1-13,15,22,25H,14H2,(H,29,37)(H,30,36). The van der Waals surface area contributed by atoms with Crippen molar-refractivity contribution in [2.45, 2.75) is 18.5 Å². The number of carbonyl (C=O) groups is 1. The monoisotopic (exact) mass is 541 g/mol. The SMILES string of the molecule is O=C(Nc1ccc(C2N=NN=N2)cc1)C(Cc1ccccc1)c1c(-c2cc(Cl)ccc2[N+](=O)[O-])cc[nH]c1=O. The molecule has 1 unspecified atom stereocenters. The number of aromatic amines is 1. The smallest absolute Gasteiger partial charge is 0.277 e. The van der Waals surface area contributed by atoms with Gasteiger partial charge in [0.15, 0.2) is 0 Å². The van der Waals surface area contributed by atoms with Gasteiger partial charge >= 0.3 is 0 Å². The van der Waals surface area contributed by atoms with Crippen LogP contribution >= 0.6 is 11.6 Å². The van der Waals surface area contributed by atoms with Crippen LogP contribution in [0.2, 0.25) is 5.02 Å². The number of anilines is 1. The van der Waals surface area contributed by atoms with E-state index < -0.39 is 28.5 Å². The van der Waals surface area contributed by atoms with Crippen molar-refractivity contribution >= 4 is 28.9 Å². The van der Waals surface area contributed by atoms with Crippen LogP contribution in [0.5, 0.6) is 0 Å². The lowest BCUT2D eigenvalue weighted by molar-refractivity contribution is -0.384. The van der Waals surface area contributed by atoms with E-state index in [1.165, 1.54) is 24.4 Å². The Balaban J connectivity index is 1.57. The Labute approximate surface area is 226 Å². The quantitative estimate of drug-likeness (QED) is 0.195. The number of aromatic nitrogens is 1. The van der Waals surface area contributed by atoms with E-state index in [-0.39, 0.29) is 33.8 Å². The van der Waals surface area contributed by atoms with Crippen molar-refractivity contribution in [2.75, 3.05) is 5.32 Å². The fraction of sp³-hybridized carbons (Fsp3) is 0.111. The molecule has 0 bridgehead atoms. The molecule has 0 radical (unpaired) electrons. The van der Waals surface area contributed by atoms with E-state index in [4.69, 9.17) is 11.6 Å². The van der Waals surface area contributed by atoms with E-state index in [2.05, 4.69) is 31.0 Å². The van der Waals surface area contributed by atoms with Gasteiger partial charge in [-0.1, -0.05) is 54.1 Å². The molecule has 1 aromatic heterocycles. The predicted molar refractivity (Wildman–Crippen MR) is 145 cm³/mol. The fourth-order valence-electron chi connectivity index (χ4n) is 4.40. The van der Waals surface area contributed by atoms with Crippen LogP contribution in [-0.2, 0) is 11.2 Å². The Bertz CT molecular complexity index is 1640. The van der Waals surface area contributed by atoms with Crippen LogP contribution in [0.1, 0.15) is 28.8 Å². The third kappa shape index (κ3) is 5.63. The van der Waals surface area contributed by atoms with Crippen molar-refractivity contribution < 1.29 is 9.72 Å². The van der Waals surface area contributed by atoms with E-state index in [0.29, 0.717) is 5.69 Å². The summed E-state index contributed by atoms with van der Waals surface area (Å²) in [6, 6.07) is 21.7. The normalized spacial score (nSPS) is 13.4. The van der Waals surface area contributed by atoms with Crippen LogP contribution in [0.25, 0.3) is 11.1 Å². The van der Waals surface area contributed by atoms with E-state index in [1.54, 1.807) is 30.3 Å². The van der Waals surface area contributed by atoms with Gasteiger partial charge in [0.1, 0.15) is 0 Å². The van der Waals surface area contributed by atoms with Crippen LogP contribution < -0.4 is 10.9 Å². The number of hydrogen-bond donors (Lipinski definition) is 2. The van der Waals surface area contributed by atoms with Gasteiger partial charge < -0.3 is 10.3 Å². The second-order valence-corrected chi connectivity index (χ2v) is 9.13. The number of nitrogens with one attached hydrogen (secondary N) is 2. The lowest BCUT2D eigenvalue weighted by Crippen LogP contribution is -2.29. The minimum atomic E-state index is -0.997. The average Bonchev–Trinajstić information content (AvgIpc) is 3.48. The minimum absolute atomic E-state index is 0.0904. The Morgan fingerprint density at radius 2 is 1.72 bits per heavy atom. The third-order valence-electron chi connectivity index (χ3n) is 6.23. The number of H-pyrrole nitrogens is 1. The molecule has 11 nitrogen and oxygen atoms in total. The highest BCUT2D eigenvalue weighted by molar-refractivity contribution is 6.31. The molecule has 2 heterocycles. The van der Waals surface area contributed by atoms with E-state index in [1.807, 2.05) is 30.3 Å². The third-order valence-corrected chi connectivity index (χ3v) is 6.47. The summed E-state index contributed by atoms with van der Waals surface area (Å²) in [7, 11) is 0. The van der Waals surface area contributed by atoms with E-state index >= 15 is 0 Å². The number of nitrogens with zero attached hydrogens (tertiary/aromatic N) is 5. The van der Waals surface area contributed by atoms with Crippen molar-refractivity contribution in [3.05, 3.63) is 127 Å². The molecule has 3 aromatic carbocycles. The fourth-order valence-corrected chi connectivity index (χ4v) is 4.57. The maximum atomic E-state index is 13.8. The molecule has 194 valence electrons. The van der Waals surface area contributed by atoms with Crippen LogP contribution in [0.3, 0.4) is 0 Å². The Kier molecular flexibility index (Phi) is 7.32. The number of nitro benzene ring substituents is 1. The number of nitro groups is 1. The van der Waals surface area contributed by atoms with Crippen molar-refractivity contribution in [3.8, 4) is 11.1 Å². The zero-order chi connectivity index (χ0) is 27.4. The lowest BCUT2D eigenvalue weighted by atomic mass is 9.86. The molecular weight excluding hydrogens is 522 g/mol. The molecule has 0 aliphatic carbocycles. The first-order valence-corrected chi connectivity index (χ1v) is 12.2. The van der Waals surface area contributed by atoms with Crippen molar-refractivity contribution in [3.63, 3.8) is 0 Å². The van der Waals surface area contributed by atoms with Crippen LogP contribution in [-0.4, -0.2) is 15.8 Å². The highest BCUT2D eigenvalue weighted by Gasteiger charge is 2.30. The summed E-state index contributed by atoms with van der Waals surface area (Å²) in [5.41, 5.74) is 1.74. The molecule has 0 saturated carbocycles. The number of rotatable bonds is 8. The number of benzene rings is 3. The molecule has 1 aliphatic rings. The number of pyridine rings is 1. The topological polar surface area (TPSA) is 155 Å². The predicted octanol–water partition coefficient (Wildman–Crippen LogP) is 6.40. The molecule has 0 fully saturated rings. The molecular formula is C27H20ClN7O4. The molecule has 2 N–H and O–H groups in total. The lowest BCUT2D eigenvalue weighted by Gasteiger charge is -2.20. The van der Waals surface area contributed by atoms with Crippen LogP contribution in [0, 0.1) is 10.1 Å². The maximum absolute atomic E-state index is 13.8. The Morgan fingerprint density at radius 3 is 2.41 bits per heavy atom. The molecule has 1 aliphatic heterocycles. The first kappa shape index (κ1) is 25.6. The number of carbonyl (C=O) groups excluding carboxylic acids is 1. The number of hydrogen-bond acceptors (Lipinski definition) is 8. The van der Waals surface area contributed by atoms with Gasteiger partial charge in [0.05, 0.1) is 16.4 Å². The van der Waals surface area contributed by atoms with Gasteiger partial charge in [-0.15, -0.1) is 10.2 Å². The Morgan fingerprint density at radius 1 is 1.00 bits per heavy atom. The van der Waals surface area contributed by atoms with Gasteiger partial charge in [0.25, 0.3) is 11.2 Å². The van der Waals surface area contributed by atoms with Crippen LogP contribution in [0.15, 0.2) is 111 Å². The summed E-state index contributed by atoms with van der Waals surface area (Å²) in [6.07, 6.45) is 1.03. The molecule has 39 heavy (non-hydrogen) atoms. The van der Waals surface area contributed by atoms with Crippen LogP contribution in [0.4, 0.5) is 11.4 Å². The summed E-state index contributed by atoms with van der Waals surface area (Å²) in [5.74, 6) is -1.46. The second-order valence-electron chi connectivity index (χ2n) is 8.69. The summed E-state index contributed by atoms with van der Waals surface area (Å²) in [5, 5.41) is 29.8. The van der Waals surface area contributed by atoms with Crippen molar-refractivity contribution in [1.29, 1.82) is 0 Å². The number of halogens is 1. The second kappa shape index (κ2) is 11.2. The highest BCUT2D eigenvalue weighted by Crippen LogP contribution is 2.37. The number of amides is 1.